The van der Waals surface area contributed by atoms with Crippen molar-refractivity contribution in [2.45, 2.75) is 136 Å². The highest BCUT2D eigenvalue weighted by molar-refractivity contribution is 5.77. The van der Waals surface area contributed by atoms with Crippen molar-refractivity contribution in [3.05, 3.63) is 0 Å². The van der Waals surface area contributed by atoms with Crippen molar-refractivity contribution < 1.29 is 19.1 Å². The molecule has 0 spiro atoms. The van der Waals surface area contributed by atoms with Crippen LogP contribution >= 0.6 is 0 Å². The fourth-order valence-electron chi connectivity index (χ4n) is 3.55. The Bertz CT molecular complexity index is 381. The number of hydrogen-bond donors (Lipinski definition) is 0. The predicted molar refractivity (Wildman–Crippen MR) is 117 cm³/mol. The highest BCUT2D eigenvalue weighted by Gasteiger charge is 2.20. The normalized spacial score (nSPS) is 13.3. The molecule has 0 aromatic carbocycles. The van der Waals surface area contributed by atoms with Gasteiger partial charge in [0.25, 0.3) is 0 Å². The molecular weight excluding hydrogens is 352 g/mol. The summed E-state index contributed by atoms with van der Waals surface area (Å²) in [6, 6.07) is 0. The van der Waals surface area contributed by atoms with Crippen LogP contribution in [-0.4, -0.2) is 31.1 Å². The maximum atomic E-state index is 12.3. The van der Waals surface area contributed by atoms with E-state index in [1.807, 2.05) is 0 Å². The third-order valence-corrected chi connectivity index (χ3v) is 5.30. The Labute approximate surface area is 174 Å². The summed E-state index contributed by atoms with van der Waals surface area (Å²) in [6.07, 6.45) is 16.5. The second kappa shape index (κ2) is 19.4. The van der Waals surface area contributed by atoms with E-state index in [-0.39, 0.29) is 30.4 Å². The van der Waals surface area contributed by atoms with Gasteiger partial charge in [0.15, 0.2) is 0 Å². The van der Waals surface area contributed by atoms with Crippen LogP contribution in [-0.2, 0) is 19.1 Å². The lowest BCUT2D eigenvalue weighted by molar-refractivity contribution is -0.153. The summed E-state index contributed by atoms with van der Waals surface area (Å²) in [5, 5.41) is 0. The Hall–Kier alpha value is -0.900. The van der Waals surface area contributed by atoms with E-state index in [9.17, 15) is 9.59 Å². The van der Waals surface area contributed by atoms with Gasteiger partial charge in [0.1, 0.15) is 11.9 Å². The Kier molecular flexibility index (Phi) is 18.8. The van der Waals surface area contributed by atoms with E-state index in [2.05, 4.69) is 13.8 Å². The molecule has 0 saturated heterocycles. The molecule has 0 bridgehead atoms. The van der Waals surface area contributed by atoms with Gasteiger partial charge < -0.3 is 9.47 Å². The third-order valence-electron chi connectivity index (χ3n) is 5.30. The average molecular weight is 399 g/mol. The van der Waals surface area contributed by atoms with Gasteiger partial charge in [-0.1, -0.05) is 84.5 Å². The van der Waals surface area contributed by atoms with Crippen molar-refractivity contribution in [2.75, 3.05) is 7.11 Å². The molecule has 0 heterocycles. The lowest BCUT2D eigenvalue weighted by Gasteiger charge is -2.19. The van der Waals surface area contributed by atoms with Crippen molar-refractivity contribution >= 4 is 11.8 Å². The molecule has 0 aromatic rings. The van der Waals surface area contributed by atoms with E-state index >= 15 is 0 Å². The first-order valence-electron chi connectivity index (χ1n) is 11.7. The average Bonchev–Trinajstić information content (AvgIpc) is 2.65. The second-order valence-corrected chi connectivity index (χ2v) is 8.19. The first-order chi connectivity index (χ1) is 13.5. The first-order valence-corrected chi connectivity index (χ1v) is 11.7. The van der Waals surface area contributed by atoms with Crippen LogP contribution in [0.2, 0.25) is 0 Å². The zero-order chi connectivity index (χ0) is 21.0. The van der Waals surface area contributed by atoms with Gasteiger partial charge in [-0.2, -0.15) is 0 Å². The number of methoxy groups -OCH3 is 1. The summed E-state index contributed by atoms with van der Waals surface area (Å²) < 4.78 is 11.1. The molecule has 0 amide bonds. The Balaban J connectivity index is 4.12. The number of rotatable bonds is 20. The number of hydrogen-bond acceptors (Lipinski definition) is 4. The molecular formula is C24H46O4. The smallest absolute Gasteiger partial charge is 0.308 e. The van der Waals surface area contributed by atoms with Crippen molar-refractivity contribution in [3.8, 4) is 0 Å². The zero-order valence-corrected chi connectivity index (χ0v) is 19.1. The maximum Gasteiger partial charge on any atom is 0.308 e. The van der Waals surface area contributed by atoms with Crippen LogP contribution in [0, 0.1) is 0 Å². The van der Waals surface area contributed by atoms with Crippen molar-refractivity contribution in [2.24, 2.45) is 0 Å². The van der Waals surface area contributed by atoms with Crippen LogP contribution in [0.1, 0.15) is 124 Å². The fourth-order valence-corrected chi connectivity index (χ4v) is 3.55. The summed E-state index contributed by atoms with van der Waals surface area (Å²) in [4.78, 5) is 23.8. The van der Waals surface area contributed by atoms with Gasteiger partial charge in [-0.15, -0.1) is 0 Å². The molecule has 4 heteroatoms. The standard InChI is InChI=1S/C24H46O4/c1-5-7-9-11-12-14-15-17-22(27-4)20-24(26)28-23(19-21(3)25)18-16-13-10-8-6-2/h22-23H,5-20H2,1-4H3/t22-,23-/m0/s1. The molecule has 4 nitrogen and oxygen atoms in total. The summed E-state index contributed by atoms with van der Waals surface area (Å²) in [6.45, 7) is 5.99. The lowest BCUT2D eigenvalue weighted by Crippen LogP contribution is -2.24. The summed E-state index contributed by atoms with van der Waals surface area (Å²) in [7, 11) is 1.67. The zero-order valence-electron chi connectivity index (χ0n) is 19.1. The van der Waals surface area contributed by atoms with E-state index in [0.29, 0.717) is 6.42 Å². The SMILES string of the molecule is CCCCCCCCC[C@@H](CC(=O)O[C@@H](CCCCCCC)CC(C)=O)OC. The largest absolute Gasteiger partial charge is 0.462 e. The quantitative estimate of drug-likeness (QED) is 0.167. The molecule has 0 radical (unpaired) electrons. The molecule has 0 rings (SSSR count). The second-order valence-electron chi connectivity index (χ2n) is 8.19. The van der Waals surface area contributed by atoms with E-state index < -0.39 is 0 Å². The number of ether oxygens (including phenoxy) is 2. The third kappa shape index (κ3) is 17.2. The Morgan fingerprint density at radius 3 is 1.61 bits per heavy atom. The van der Waals surface area contributed by atoms with Crippen LogP contribution in [0.4, 0.5) is 0 Å². The summed E-state index contributed by atoms with van der Waals surface area (Å²) >= 11 is 0. The number of carbonyl (C=O) groups excluding carboxylic acids is 2. The van der Waals surface area contributed by atoms with E-state index in [0.717, 1.165) is 32.1 Å². The highest BCUT2D eigenvalue weighted by atomic mass is 16.5. The molecule has 0 aliphatic heterocycles. The van der Waals surface area contributed by atoms with Crippen LogP contribution in [0.5, 0.6) is 0 Å². The van der Waals surface area contributed by atoms with E-state index in [4.69, 9.17) is 9.47 Å². The van der Waals surface area contributed by atoms with Crippen LogP contribution < -0.4 is 0 Å². The summed E-state index contributed by atoms with van der Waals surface area (Å²) in [5.74, 6) is -0.146. The fraction of sp³-hybridized carbons (Fsp3) is 0.917. The molecule has 0 N–H and O–H groups in total. The minimum atomic E-state index is -0.275. The predicted octanol–water partition coefficient (Wildman–Crippen LogP) is 6.78. The number of Topliss-reactive ketones (excluding diaryl/α,β-unsaturated/α-hetero) is 1. The number of unbranched alkanes of at least 4 members (excludes halogenated alkanes) is 10. The maximum absolute atomic E-state index is 12.3. The van der Waals surface area contributed by atoms with Crippen molar-refractivity contribution in [3.63, 3.8) is 0 Å². The Morgan fingerprint density at radius 1 is 0.679 bits per heavy atom. The molecule has 0 fully saturated rings. The van der Waals surface area contributed by atoms with E-state index in [1.54, 1.807) is 14.0 Å². The molecule has 0 aromatic heterocycles. The lowest BCUT2D eigenvalue weighted by atomic mass is 10.0. The summed E-state index contributed by atoms with van der Waals surface area (Å²) in [5.41, 5.74) is 0. The minimum Gasteiger partial charge on any atom is -0.462 e. The van der Waals surface area contributed by atoms with Gasteiger partial charge in [-0.3, -0.25) is 9.59 Å². The van der Waals surface area contributed by atoms with Crippen molar-refractivity contribution in [1.82, 2.24) is 0 Å². The van der Waals surface area contributed by atoms with Gasteiger partial charge in [0.05, 0.1) is 12.5 Å². The van der Waals surface area contributed by atoms with Gasteiger partial charge >= 0.3 is 5.97 Å². The monoisotopic (exact) mass is 398 g/mol. The molecule has 28 heavy (non-hydrogen) atoms. The van der Waals surface area contributed by atoms with Crippen LogP contribution in [0.3, 0.4) is 0 Å². The number of esters is 1. The molecule has 2 atom stereocenters. The van der Waals surface area contributed by atoms with Crippen molar-refractivity contribution in [1.29, 1.82) is 0 Å². The molecule has 166 valence electrons. The topological polar surface area (TPSA) is 52.6 Å². The van der Waals surface area contributed by atoms with Gasteiger partial charge in [0, 0.05) is 13.5 Å². The number of carbonyl (C=O) groups is 2. The molecule has 0 aliphatic carbocycles. The Morgan fingerprint density at radius 2 is 1.14 bits per heavy atom. The molecule has 0 saturated carbocycles. The molecule has 0 aliphatic rings. The molecule has 0 unspecified atom stereocenters. The van der Waals surface area contributed by atoms with Gasteiger partial charge in [0.2, 0.25) is 0 Å². The first kappa shape index (κ1) is 27.1. The van der Waals surface area contributed by atoms with E-state index in [1.165, 1.54) is 57.8 Å². The van der Waals surface area contributed by atoms with Crippen LogP contribution in [0.25, 0.3) is 0 Å². The van der Waals surface area contributed by atoms with Gasteiger partial charge in [-0.05, 0) is 26.2 Å². The number of ketones is 1. The van der Waals surface area contributed by atoms with Gasteiger partial charge in [-0.25, -0.2) is 0 Å². The highest BCUT2D eigenvalue weighted by Crippen LogP contribution is 2.17. The minimum absolute atomic E-state index is 0.0781. The van der Waals surface area contributed by atoms with Crippen LogP contribution in [0.15, 0.2) is 0 Å².